The van der Waals surface area contributed by atoms with E-state index in [0.717, 1.165) is 30.9 Å². The van der Waals surface area contributed by atoms with Crippen LogP contribution in [0.2, 0.25) is 0 Å². The Morgan fingerprint density at radius 2 is 1.86 bits per heavy atom. The predicted octanol–water partition coefficient (Wildman–Crippen LogP) is 4.39. The maximum Gasteiger partial charge on any atom is 0.0672 e. The molecule has 0 aromatic heterocycles. The highest BCUT2D eigenvalue weighted by Crippen LogP contribution is 2.51. The third-order valence-electron chi connectivity index (χ3n) is 6.00. The molecule has 0 radical (unpaired) electrons. The van der Waals surface area contributed by atoms with E-state index < -0.39 is 0 Å². The summed E-state index contributed by atoms with van der Waals surface area (Å²) >= 11 is 0. The molecule has 3 aliphatic rings. The van der Waals surface area contributed by atoms with Gasteiger partial charge in [0.25, 0.3) is 0 Å². The summed E-state index contributed by atoms with van der Waals surface area (Å²) in [5.74, 6) is 2.61. The van der Waals surface area contributed by atoms with Gasteiger partial charge in [0.1, 0.15) is 0 Å². The van der Waals surface area contributed by atoms with Gasteiger partial charge in [0.15, 0.2) is 0 Å². The van der Waals surface area contributed by atoms with Crippen molar-refractivity contribution in [1.29, 1.82) is 0 Å². The molecule has 2 nitrogen and oxygen atoms in total. The molecule has 2 heteroatoms. The second-order valence-electron chi connectivity index (χ2n) is 8.47. The first-order valence-electron chi connectivity index (χ1n) is 9.52. The van der Waals surface area contributed by atoms with Gasteiger partial charge in [-0.2, -0.15) is 0 Å². The summed E-state index contributed by atoms with van der Waals surface area (Å²) in [7, 11) is 0. The quantitative estimate of drug-likeness (QED) is 0.752. The average molecular weight is 293 g/mol. The minimum Gasteiger partial charge on any atom is -0.377 e. The molecule has 1 heterocycles. The number of ether oxygens (including phenoxy) is 1. The Labute approximate surface area is 131 Å². The first kappa shape index (κ1) is 15.8. The van der Waals surface area contributed by atoms with Gasteiger partial charge < -0.3 is 10.1 Å². The maximum absolute atomic E-state index is 6.25. The van der Waals surface area contributed by atoms with Crippen molar-refractivity contribution in [3.63, 3.8) is 0 Å². The molecule has 0 aromatic rings. The fraction of sp³-hybridized carbons (Fsp3) is 1.00. The zero-order valence-corrected chi connectivity index (χ0v) is 14.2. The average Bonchev–Trinajstić information content (AvgIpc) is 3.22. The molecule has 0 aromatic carbocycles. The summed E-state index contributed by atoms with van der Waals surface area (Å²) in [6, 6.07) is 0. The van der Waals surface area contributed by atoms with Crippen molar-refractivity contribution in [2.45, 2.75) is 77.7 Å². The molecule has 0 bridgehead atoms. The molecular formula is C19H35NO. The second-order valence-corrected chi connectivity index (χ2v) is 8.47. The minimum absolute atomic E-state index is 0.456. The van der Waals surface area contributed by atoms with Crippen molar-refractivity contribution >= 4 is 0 Å². The monoisotopic (exact) mass is 293 g/mol. The van der Waals surface area contributed by atoms with E-state index in [2.05, 4.69) is 19.2 Å². The summed E-state index contributed by atoms with van der Waals surface area (Å²) in [6.07, 6.45) is 13.5. The van der Waals surface area contributed by atoms with Crippen molar-refractivity contribution in [2.75, 3.05) is 19.7 Å². The van der Waals surface area contributed by atoms with Crippen LogP contribution in [0.4, 0.5) is 0 Å². The van der Waals surface area contributed by atoms with Crippen LogP contribution in [0.1, 0.15) is 71.6 Å². The van der Waals surface area contributed by atoms with E-state index in [1.54, 1.807) is 0 Å². The van der Waals surface area contributed by atoms with E-state index in [1.165, 1.54) is 64.3 Å². The normalized spacial score (nSPS) is 34.7. The summed E-state index contributed by atoms with van der Waals surface area (Å²) < 4.78 is 6.25. The topological polar surface area (TPSA) is 21.3 Å². The van der Waals surface area contributed by atoms with Crippen LogP contribution >= 0.6 is 0 Å². The van der Waals surface area contributed by atoms with E-state index >= 15 is 0 Å². The van der Waals surface area contributed by atoms with Crippen molar-refractivity contribution < 1.29 is 4.74 Å². The number of hydrogen-bond acceptors (Lipinski definition) is 2. The largest absolute Gasteiger partial charge is 0.377 e. The van der Waals surface area contributed by atoms with Gasteiger partial charge in [-0.15, -0.1) is 0 Å². The molecule has 0 amide bonds. The lowest BCUT2D eigenvalue weighted by Gasteiger charge is -2.39. The fourth-order valence-corrected chi connectivity index (χ4v) is 4.80. The smallest absolute Gasteiger partial charge is 0.0672 e. The molecule has 0 spiro atoms. The first-order chi connectivity index (χ1) is 10.2. The highest BCUT2D eigenvalue weighted by molar-refractivity contribution is 5.01. The molecule has 2 atom stereocenters. The Morgan fingerprint density at radius 1 is 1.10 bits per heavy atom. The molecule has 1 saturated heterocycles. The number of nitrogens with one attached hydrogen (secondary N) is 1. The molecule has 1 aliphatic heterocycles. The maximum atomic E-state index is 6.25. The van der Waals surface area contributed by atoms with Crippen molar-refractivity contribution in [3.05, 3.63) is 0 Å². The van der Waals surface area contributed by atoms with E-state index in [-0.39, 0.29) is 0 Å². The lowest BCUT2D eigenvalue weighted by Crippen LogP contribution is -2.44. The Balaban J connectivity index is 1.63. The molecule has 2 unspecified atom stereocenters. The lowest BCUT2D eigenvalue weighted by molar-refractivity contribution is 0.0152. The van der Waals surface area contributed by atoms with Gasteiger partial charge in [0.2, 0.25) is 0 Å². The standard InChI is InChI=1S/C19H35NO/c1-15(2)13-20-14-19(12-16-6-4-3-5-7-16)10-11-21-18(19)17-8-9-17/h15-18,20H,3-14H2,1-2H3. The highest BCUT2D eigenvalue weighted by atomic mass is 16.5. The van der Waals surface area contributed by atoms with Crippen LogP contribution < -0.4 is 5.32 Å². The van der Waals surface area contributed by atoms with E-state index in [1.807, 2.05) is 0 Å². The summed E-state index contributed by atoms with van der Waals surface area (Å²) in [5, 5.41) is 3.79. The van der Waals surface area contributed by atoms with Crippen molar-refractivity contribution in [2.24, 2.45) is 23.2 Å². The summed E-state index contributed by atoms with van der Waals surface area (Å²) in [6.45, 7) is 7.98. The van der Waals surface area contributed by atoms with Crippen molar-refractivity contribution in [1.82, 2.24) is 5.32 Å². The lowest BCUT2D eigenvalue weighted by atomic mass is 9.69. The van der Waals surface area contributed by atoms with Crippen LogP contribution in [0.15, 0.2) is 0 Å². The molecule has 2 saturated carbocycles. The van der Waals surface area contributed by atoms with Gasteiger partial charge in [0, 0.05) is 18.6 Å². The second kappa shape index (κ2) is 7.00. The predicted molar refractivity (Wildman–Crippen MR) is 88.4 cm³/mol. The third kappa shape index (κ3) is 4.01. The molecule has 122 valence electrons. The van der Waals surface area contributed by atoms with Gasteiger partial charge in [-0.05, 0) is 50.0 Å². The molecule has 3 rings (SSSR count). The van der Waals surface area contributed by atoms with Gasteiger partial charge in [-0.1, -0.05) is 46.0 Å². The van der Waals surface area contributed by atoms with Crippen LogP contribution in [0.5, 0.6) is 0 Å². The SMILES string of the molecule is CC(C)CNCC1(CC2CCCCC2)CCOC1C1CC1. The molecular weight excluding hydrogens is 258 g/mol. The van der Waals surface area contributed by atoms with Crippen LogP contribution in [-0.4, -0.2) is 25.8 Å². The van der Waals surface area contributed by atoms with Crippen LogP contribution in [0.3, 0.4) is 0 Å². The van der Waals surface area contributed by atoms with Crippen LogP contribution in [0.25, 0.3) is 0 Å². The molecule has 2 aliphatic carbocycles. The van der Waals surface area contributed by atoms with E-state index in [0.29, 0.717) is 11.5 Å². The Kier molecular flexibility index (Phi) is 5.27. The molecule has 3 fully saturated rings. The van der Waals surface area contributed by atoms with Gasteiger partial charge in [0.05, 0.1) is 6.10 Å². The first-order valence-corrected chi connectivity index (χ1v) is 9.52. The molecule has 21 heavy (non-hydrogen) atoms. The third-order valence-corrected chi connectivity index (χ3v) is 6.00. The number of hydrogen-bond donors (Lipinski definition) is 1. The Hall–Kier alpha value is -0.0800. The van der Waals surface area contributed by atoms with Gasteiger partial charge >= 0.3 is 0 Å². The Morgan fingerprint density at radius 3 is 2.52 bits per heavy atom. The number of rotatable bonds is 7. The van der Waals surface area contributed by atoms with E-state index in [9.17, 15) is 0 Å². The minimum atomic E-state index is 0.456. The zero-order valence-electron chi connectivity index (χ0n) is 14.2. The molecule has 1 N–H and O–H groups in total. The summed E-state index contributed by atoms with van der Waals surface area (Å²) in [5.41, 5.74) is 0.456. The zero-order chi connectivity index (χ0) is 14.7. The fourth-order valence-electron chi connectivity index (χ4n) is 4.80. The van der Waals surface area contributed by atoms with Gasteiger partial charge in [-0.3, -0.25) is 0 Å². The van der Waals surface area contributed by atoms with Crippen molar-refractivity contribution in [3.8, 4) is 0 Å². The summed E-state index contributed by atoms with van der Waals surface area (Å²) in [4.78, 5) is 0. The van der Waals surface area contributed by atoms with E-state index in [4.69, 9.17) is 4.74 Å². The Bertz CT molecular complexity index is 320. The van der Waals surface area contributed by atoms with Crippen LogP contribution in [-0.2, 0) is 4.74 Å². The van der Waals surface area contributed by atoms with Gasteiger partial charge in [-0.25, -0.2) is 0 Å². The highest BCUT2D eigenvalue weighted by Gasteiger charge is 2.51. The van der Waals surface area contributed by atoms with Crippen LogP contribution in [0, 0.1) is 23.2 Å².